The molecule has 21 heavy (non-hydrogen) atoms. The summed E-state index contributed by atoms with van der Waals surface area (Å²) in [6, 6.07) is 3.87. The molecule has 8 heteroatoms. The average molecular weight is 314 g/mol. The number of hydrogen-bond donors (Lipinski definition) is 3. The Bertz CT molecular complexity index is 613. The van der Waals surface area contributed by atoms with Gasteiger partial charge in [-0.25, -0.2) is 17.9 Å². The van der Waals surface area contributed by atoms with Gasteiger partial charge in [-0.3, -0.25) is 0 Å². The molecule has 0 atom stereocenters. The number of anilines is 1. The highest BCUT2D eigenvalue weighted by Gasteiger charge is 2.20. The normalized spacial score (nSPS) is 11.1. The van der Waals surface area contributed by atoms with Crippen LogP contribution in [0, 0.1) is 0 Å². The van der Waals surface area contributed by atoms with Crippen molar-refractivity contribution in [2.45, 2.75) is 4.90 Å². The predicted octanol–water partition coefficient (Wildman–Crippen LogP) is 0.907. The van der Waals surface area contributed by atoms with Crippen molar-refractivity contribution < 1.29 is 23.1 Å². The van der Waals surface area contributed by atoms with Crippen LogP contribution < -0.4 is 10.0 Å². The zero-order valence-corrected chi connectivity index (χ0v) is 12.4. The van der Waals surface area contributed by atoms with Crippen LogP contribution in [0.4, 0.5) is 5.69 Å². The number of nitrogens with one attached hydrogen (secondary N) is 2. The lowest BCUT2D eigenvalue weighted by Crippen LogP contribution is -2.25. The number of carboxylic acids is 1. The van der Waals surface area contributed by atoms with Crippen LogP contribution in [0.15, 0.2) is 35.7 Å². The van der Waals surface area contributed by atoms with Gasteiger partial charge in [0.2, 0.25) is 10.0 Å². The van der Waals surface area contributed by atoms with Crippen molar-refractivity contribution in [1.29, 1.82) is 0 Å². The number of sulfonamides is 1. The Morgan fingerprint density at radius 3 is 2.76 bits per heavy atom. The summed E-state index contributed by atoms with van der Waals surface area (Å²) < 4.78 is 31.6. The largest absolute Gasteiger partial charge is 0.478 e. The molecule has 1 rings (SSSR count). The number of hydrogen-bond acceptors (Lipinski definition) is 5. The highest BCUT2D eigenvalue weighted by Crippen LogP contribution is 2.22. The monoisotopic (exact) mass is 314 g/mol. The van der Waals surface area contributed by atoms with Crippen molar-refractivity contribution in [1.82, 2.24) is 4.72 Å². The number of carboxylic acid groups (broad SMARTS) is 1. The summed E-state index contributed by atoms with van der Waals surface area (Å²) in [5.74, 6) is -1.20. The van der Waals surface area contributed by atoms with E-state index in [4.69, 9.17) is 9.84 Å². The van der Waals surface area contributed by atoms with Crippen molar-refractivity contribution in [2.75, 3.05) is 32.1 Å². The summed E-state index contributed by atoms with van der Waals surface area (Å²) in [5.41, 5.74) is 0.208. The standard InChI is InChI=1S/C13H18N2O5S/c1-3-6-15-21(18,19)12-9-10(13(16)17)4-5-11(12)14-7-8-20-2/h3-5,9,14-15H,1,6-8H2,2H3,(H,16,17). The molecule has 0 bridgehead atoms. The quantitative estimate of drug-likeness (QED) is 0.462. The maximum Gasteiger partial charge on any atom is 0.335 e. The van der Waals surface area contributed by atoms with Gasteiger partial charge in [-0.1, -0.05) is 6.08 Å². The van der Waals surface area contributed by atoms with Crippen LogP contribution in [0.3, 0.4) is 0 Å². The summed E-state index contributed by atoms with van der Waals surface area (Å²) in [7, 11) is -2.31. The average Bonchev–Trinajstić information content (AvgIpc) is 2.45. The van der Waals surface area contributed by atoms with E-state index < -0.39 is 16.0 Å². The highest BCUT2D eigenvalue weighted by molar-refractivity contribution is 7.89. The summed E-state index contributed by atoms with van der Waals surface area (Å²) in [4.78, 5) is 10.9. The Morgan fingerprint density at radius 1 is 1.48 bits per heavy atom. The molecule has 0 aliphatic rings. The summed E-state index contributed by atoms with van der Waals surface area (Å²) >= 11 is 0. The molecule has 1 aromatic carbocycles. The van der Waals surface area contributed by atoms with E-state index in [1.807, 2.05) is 0 Å². The summed E-state index contributed by atoms with van der Waals surface area (Å²) in [5, 5.41) is 11.9. The maximum atomic E-state index is 12.2. The molecule has 7 nitrogen and oxygen atoms in total. The van der Waals surface area contributed by atoms with Gasteiger partial charge in [0, 0.05) is 20.2 Å². The minimum absolute atomic E-state index is 0.0527. The van der Waals surface area contributed by atoms with Gasteiger partial charge >= 0.3 is 5.97 Å². The smallest absolute Gasteiger partial charge is 0.335 e. The molecule has 0 saturated carbocycles. The van der Waals surface area contributed by atoms with Crippen molar-refractivity contribution >= 4 is 21.7 Å². The van der Waals surface area contributed by atoms with Gasteiger partial charge < -0.3 is 15.2 Å². The van der Waals surface area contributed by atoms with Crippen LogP contribution in [-0.4, -0.2) is 46.3 Å². The van der Waals surface area contributed by atoms with E-state index in [2.05, 4.69) is 16.6 Å². The number of methoxy groups -OCH3 is 1. The van der Waals surface area contributed by atoms with Crippen LogP contribution in [0.2, 0.25) is 0 Å². The topological polar surface area (TPSA) is 105 Å². The lowest BCUT2D eigenvalue weighted by atomic mass is 10.2. The van der Waals surface area contributed by atoms with Crippen LogP contribution in [0.25, 0.3) is 0 Å². The minimum atomic E-state index is -3.83. The number of aromatic carboxylic acids is 1. The minimum Gasteiger partial charge on any atom is -0.478 e. The van der Waals surface area contributed by atoms with Crippen LogP contribution in [0.5, 0.6) is 0 Å². The number of carbonyl (C=O) groups is 1. The first-order chi connectivity index (χ1) is 9.92. The van der Waals surface area contributed by atoms with Gasteiger partial charge in [-0.2, -0.15) is 0 Å². The van der Waals surface area contributed by atoms with Crippen molar-refractivity contribution in [3.8, 4) is 0 Å². The van der Waals surface area contributed by atoms with E-state index in [9.17, 15) is 13.2 Å². The van der Waals surface area contributed by atoms with Crippen molar-refractivity contribution in [3.63, 3.8) is 0 Å². The van der Waals surface area contributed by atoms with E-state index in [0.29, 0.717) is 18.8 Å². The molecule has 0 radical (unpaired) electrons. The van der Waals surface area contributed by atoms with Crippen LogP contribution in [-0.2, 0) is 14.8 Å². The third-order valence-corrected chi connectivity index (χ3v) is 4.02. The zero-order valence-electron chi connectivity index (χ0n) is 11.6. The zero-order chi connectivity index (χ0) is 15.9. The van der Waals surface area contributed by atoms with Crippen molar-refractivity contribution in [2.24, 2.45) is 0 Å². The van der Waals surface area contributed by atoms with Gasteiger partial charge in [0.25, 0.3) is 0 Å². The second-order valence-electron chi connectivity index (χ2n) is 4.08. The molecule has 0 heterocycles. The summed E-state index contributed by atoms with van der Waals surface area (Å²) in [6.07, 6.45) is 1.40. The Hall–Kier alpha value is -1.90. The molecule has 0 aliphatic heterocycles. The molecule has 0 aromatic heterocycles. The summed E-state index contributed by atoms with van der Waals surface area (Å²) in [6.45, 7) is 4.27. The molecular formula is C13H18N2O5S. The van der Waals surface area contributed by atoms with Gasteiger partial charge in [-0.05, 0) is 18.2 Å². The lowest BCUT2D eigenvalue weighted by molar-refractivity contribution is 0.0696. The van der Waals surface area contributed by atoms with Gasteiger partial charge in [-0.15, -0.1) is 6.58 Å². The SMILES string of the molecule is C=CCNS(=O)(=O)c1cc(C(=O)O)ccc1NCCOC. The number of ether oxygens (including phenoxy) is 1. The molecule has 0 fully saturated rings. The van der Waals surface area contributed by atoms with Gasteiger partial charge in [0.15, 0.2) is 0 Å². The molecule has 0 saturated heterocycles. The van der Waals surface area contributed by atoms with Gasteiger partial charge in [0.1, 0.15) is 4.90 Å². The molecule has 0 amide bonds. The Morgan fingerprint density at radius 2 is 2.19 bits per heavy atom. The molecular weight excluding hydrogens is 296 g/mol. The van der Waals surface area contributed by atoms with E-state index in [-0.39, 0.29) is 17.0 Å². The third kappa shape index (κ3) is 4.85. The van der Waals surface area contributed by atoms with E-state index >= 15 is 0 Å². The van der Waals surface area contributed by atoms with Gasteiger partial charge in [0.05, 0.1) is 17.9 Å². The van der Waals surface area contributed by atoms with Crippen LogP contribution >= 0.6 is 0 Å². The molecule has 0 unspecified atom stereocenters. The maximum absolute atomic E-state index is 12.2. The fourth-order valence-corrected chi connectivity index (χ4v) is 2.76. The lowest BCUT2D eigenvalue weighted by Gasteiger charge is -2.13. The first-order valence-corrected chi connectivity index (χ1v) is 7.61. The Kier molecular flexibility index (Phi) is 6.35. The fourth-order valence-electron chi connectivity index (χ4n) is 1.56. The van der Waals surface area contributed by atoms with E-state index in [0.717, 1.165) is 6.07 Å². The molecule has 3 N–H and O–H groups in total. The highest BCUT2D eigenvalue weighted by atomic mass is 32.2. The number of benzene rings is 1. The molecule has 0 aliphatic carbocycles. The fraction of sp³-hybridized carbons (Fsp3) is 0.308. The Balaban J connectivity index is 3.18. The Labute approximate surface area is 123 Å². The van der Waals surface area contributed by atoms with Crippen LogP contribution in [0.1, 0.15) is 10.4 Å². The molecule has 0 spiro atoms. The number of rotatable bonds is 9. The molecule has 116 valence electrons. The van der Waals surface area contributed by atoms with Crippen molar-refractivity contribution in [3.05, 3.63) is 36.4 Å². The first kappa shape index (κ1) is 17.2. The first-order valence-electron chi connectivity index (χ1n) is 6.13. The van der Waals surface area contributed by atoms with E-state index in [1.54, 1.807) is 0 Å². The second kappa shape index (κ2) is 7.77. The van der Waals surface area contributed by atoms with E-state index in [1.165, 1.54) is 25.3 Å². The predicted molar refractivity (Wildman–Crippen MR) is 79.2 cm³/mol. The second-order valence-corrected chi connectivity index (χ2v) is 5.81. The molecule has 1 aromatic rings. The third-order valence-electron chi connectivity index (χ3n) is 2.56.